The molecule has 0 bridgehead atoms. The van der Waals surface area contributed by atoms with Crippen molar-refractivity contribution in [1.29, 1.82) is 0 Å². The summed E-state index contributed by atoms with van der Waals surface area (Å²) in [6, 6.07) is 4.33. The Balaban J connectivity index is 2.87. The third kappa shape index (κ3) is 3.64. The summed E-state index contributed by atoms with van der Waals surface area (Å²) in [4.78, 5) is 2.25. The first kappa shape index (κ1) is 14.8. The number of hydrogen-bond donors (Lipinski definition) is 1. The number of aryl methyl sites for hydroxylation is 2. The third-order valence-corrected chi connectivity index (χ3v) is 3.37. The van der Waals surface area contributed by atoms with Crippen molar-refractivity contribution in [3.8, 4) is 5.75 Å². The van der Waals surface area contributed by atoms with E-state index in [9.17, 15) is 0 Å². The first-order valence-corrected chi connectivity index (χ1v) is 6.56. The van der Waals surface area contributed by atoms with Crippen molar-refractivity contribution in [2.24, 2.45) is 11.7 Å². The molecule has 0 amide bonds. The van der Waals surface area contributed by atoms with Gasteiger partial charge in [-0.1, -0.05) is 13.0 Å². The number of benzene rings is 1. The maximum absolute atomic E-state index is 5.66. The van der Waals surface area contributed by atoms with Gasteiger partial charge in [0.1, 0.15) is 5.75 Å². The molecule has 3 nitrogen and oxygen atoms in total. The van der Waals surface area contributed by atoms with Gasteiger partial charge in [-0.25, -0.2) is 0 Å². The van der Waals surface area contributed by atoms with Gasteiger partial charge in [-0.3, -0.25) is 0 Å². The summed E-state index contributed by atoms with van der Waals surface area (Å²) in [5, 5.41) is 0. The maximum atomic E-state index is 5.66. The molecule has 18 heavy (non-hydrogen) atoms. The monoisotopic (exact) mass is 250 g/mol. The summed E-state index contributed by atoms with van der Waals surface area (Å²) in [5.74, 6) is 1.54. The van der Waals surface area contributed by atoms with Crippen molar-refractivity contribution >= 4 is 5.69 Å². The van der Waals surface area contributed by atoms with Crippen LogP contribution in [0, 0.1) is 19.8 Å². The Labute approximate surface area is 111 Å². The fourth-order valence-corrected chi connectivity index (χ4v) is 2.13. The number of nitrogens with two attached hydrogens (primary N) is 1. The van der Waals surface area contributed by atoms with Crippen LogP contribution >= 0.6 is 0 Å². The highest BCUT2D eigenvalue weighted by Gasteiger charge is 2.12. The minimum atomic E-state index is 0.560. The molecule has 0 fully saturated rings. The third-order valence-electron chi connectivity index (χ3n) is 3.37. The predicted octanol–water partition coefficient (Wildman–Crippen LogP) is 2.73. The summed E-state index contributed by atoms with van der Waals surface area (Å²) in [7, 11) is 3.84. The molecule has 0 heterocycles. The van der Waals surface area contributed by atoms with Crippen molar-refractivity contribution in [3.63, 3.8) is 0 Å². The van der Waals surface area contributed by atoms with Crippen molar-refractivity contribution in [2.45, 2.75) is 27.2 Å². The van der Waals surface area contributed by atoms with Gasteiger partial charge in [-0.05, 0) is 49.9 Å². The molecule has 0 radical (unpaired) electrons. The highest BCUT2D eigenvalue weighted by molar-refractivity contribution is 5.63. The van der Waals surface area contributed by atoms with E-state index in [0.29, 0.717) is 5.92 Å². The van der Waals surface area contributed by atoms with Crippen molar-refractivity contribution in [1.82, 2.24) is 0 Å². The number of rotatable bonds is 6. The van der Waals surface area contributed by atoms with E-state index in [1.54, 1.807) is 7.11 Å². The van der Waals surface area contributed by atoms with Crippen LogP contribution in [0.25, 0.3) is 0 Å². The Morgan fingerprint density at radius 2 is 2.00 bits per heavy atom. The van der Waals surface area contributed by atoms with Crippen LogP contribution < -0.4 is 15.4 Å². The molecule has 0 aliphatic heterocycles. The van der Waals surface area contributed by atoms with Crippen LogP contribution in [0.2, 0.25) is 0 Å². The number of nitrogens with zero attached hydrogens (tertiary/aromatic N) is 1. The van der Waals surface area contributed by atoms with E-state index in [1.807, 2.05) is 0 Å². The fourth-order valence-electron chi connectivity index (χ4n) is 2.13. The zero-order valence-electron chi connectivity index (χ0n) is 12.3. The van der Waals surface area contributed by atoms with Crippen LogP contribution in [0.3, 0.4) is 0 Å². The summed E-state index contributed by atoms with van der Waals surface area (Å²) < 4.78 is 5.52. The molecule has 0 spiro atoms. The normalized spacial score (nSPS) is 12.3. The Kier molecular flexibility index (Phi) is 5.48. The van der Waals surface area contributed by atoms with Crippen LogP contribution in [0.4, 0.5) is 5.69 Å². The lowest BCUT2D eigenvalue weighted by atomic mass is 10.1. The van der Waals surface area contributed by atoms with E-state index in [0.717, 1.165) is 25.3 Å². The quantitative estimate of drug-likeness (QED) is 0.843. The zero-order valence-corrected chi connectivity index (χ0v) is 12.3. The average Bonchev–Trinajstić information content (AvgIpc) is 2.34. The Morgan fingerprint density at radius 3 is 2.56 bits per heavy atom. The van der Waals surface area contributed by atoms with Gasteiger partial charge in [0, 0.05) is 13.6 Å². The van der Waals surface area contributed by atoms with E-state index < -0.39 is 0 Å². The molecule has 0 aromatic heterocycles. The highest BCUT2D eigenvalue weighted by atomic mass is 16.5. The smallest absolute Gasteiger partial charge is 0.145 e. The van der Waals surface area contributed by atoms with Gasteiger partial charge in [0.25, 0.3) is 0 Å². The summed E-state index contributed by atoms with van der Waals surface area (Å²) in [6.45, 7) is 8.14. The molecule has 102 valence electrons. The SMILES string of the molecule is COc1c(C)cc(C)cc1N(C)CCC(C)CN. The number of methoxy groups -OCH3 is 1. The van der Waals surface area contributed by atoms with Crippen molar-refractivity contribution < 1.29 is 4.74 Å². The van der Waals surface area contributed by atoms with Crippen molar-refractivity contribution in [2.75, 3.05) is 32.1 Å². The molecule has 1 atom stereocenters. The number of hydrogen-bond acceptors (Lipinski definition) is 3. The van der Waals surface area contributed by atoms with Gasteiger partial charge in [0.15, 0.2) is 0 Å². The molecule has 3 heteroatoms. The lowest BCUT2D eigenvalue weighted by Gasteiger charge is -2.24. The topological polar surface area (TPSA) is 38.5 Å². The van der Waals surface area contributed by atoms with Gasteiger partial charge in [0.05, 0.1) is 12.8 Å². The van der Waals surface area contributed by atoms with Crippen LogP contribution in [0.15, 0.2) is 12.1 Å². The average molecular weight is 250 g/mol. The molecule has 2 N–H and O–H groups in total. The molecule has 1 rings (SSSR count). The first-order chi connectivity index (χ1) is 8.49. The Bertz CT molecular complexity index is 390. The van der Waals surface area contributed by atoms with E-state index in [4.69, 9.17) is 10.5 Å². The second-order valence-electron chi connectivity index (χ2n) is 5.19. The van der Waals surface area contributed by atoms with Crippen LogP contribution in [0.5, 0.6) is 5.75 Å². The Hall–Kier alpha value is -1.22. The van der Waals surface area contributed by atoms with Gasteiger partial charge >= 0.3 is 0 Å². The van der Waals surface area contributed by atoms with Gasteiger partial charge in [-0.2, -0.15) is 0 Å². The van der Waals surface area contributed by atoms with E-state index in [-0.39, 0.29) is 0 Å². The van der Waals surface area contributed by atoms with E-state index in [2.05, 4.69) is 44.9 Å². The second kappa shape index (κ2) is 6.64. The molecule has 1 aromatic rings. The second-order valence-corrected chi connectivity index (χ2v) is 5.19. The maximum Gasteiger partial charge on any atom is 0.145 e. The van der Waals surface area contributed by atoms with E-state index >= 15 is 0 Å². The van der Waals surface area contributed by atoms with Crippen LogP contribution in [0.1, 0.15) is 24.5 Å². The Morgan fingerprint density at radius 1 is 1.33 bits per heavy atom. The molecule has 1 unspecified atom stereocenters. The molecule has 0 aliphatic rings. The van der Waals surface area contributed by atoms with Gasteiger partial charge in [0.2, 0.25) is 0 Å². The predicted molar refractivity (Wildman–Crippen MR) is 78.6 cm³/mol. The summed E-state index contributed by atoms with van der Waals surface area (Å²) in [5.41, 5.74) is 9.28. The lowest BCUT2D eigenvalue weighted by molar-refractivity contribution is 0.411. The van der Waals surface area contributed by atoms with Crippen molar-refractivity contribution in [3.05, 3.63) is 23.3 Å². The largest absolute Gasteiger partial charge is 0.494 e. The fraction of sp³-hybridized carbons (Fsp3) is 0.600. The van der Waals surface area contributed by atoms with Crippen LogP contribution in [-0.4, -0.2) is 27.2 Å². The number of ether oxygens (including phenoxy) is 1. The standard InChI is InChI=1S/C15H26N2O/c1-11(10-16)6-7-17(4)14-9-12(2)8-13(3)15(14)18-5/h8-9,11H,6-7,10,16H2,1-5H3. The minimum Gasteiger partial charge on any atom is -0.494 e. The van der Waals surface area contributed by atoms with Gasteiger partial charge < -0.3 is 15.4 Å². The van der Waals surface area contributed by atoms with Crippen LogP contribution in [-0.2, 0) is 0 Å². The molecule has 0 aliphatic carbocycles. The van der Waals surface area contributed by atoms with Gasteiger partial charge in [-0.15, -0.1) is 0 Å². The first-order valence-electron chi connectivity index (χ1n) is 6.56. The molecule has 1 aromatic carbocycles. The molecular weight excluding hydrogens is 224 g/mol. The molecule has 0 saturated carbocycles. The number of anilines is 1. The highest BCUT2D eigenvalue weighted by Crippen LogP contribution is 2.32. The summed E-state index contributed by atoms with van der Waals surface area (Å²) >= 11 is 0. The zero-order chi connectivity index (χ0) is 13.7. The molecule has 0 saturated heterocycles. The minimum absolute atomic E-state index is 0.560. The van der Waals surface area contributed by atoms with E-state index in [1.165, 1.54) is 16.8 Å². The molecular formula is C15H26N2O. The summed E-state index contributed by atoms with van der Waals surface area (Å²) in [6.07, 6.45) is 1.10. The lowest BCUT2D eigenvalue weighted by Crippen LogP contribution is -2.23.